The maximum absolute atomic E-state index is 12.9. The number of ether oxygens (including phenoxy) is 1. The highest BCUT2D eigenvalue weighted by Gasteiger charge is 2.37. The number of fused-ring (bicyclic) bond motifs is 1. The molecule has 0 radical (unpaired) electrons. The smallest absolute Gasteiger partial charge is 0.338 e. The SMILES string of the molecule is CC(=O)Nc1ccc(N2C(=O)c3ccc(C(=O)OCc4cc(C)on4)cc3C2=O)cc1. The Hall–Kier alpha value is -4.27. The van der Waals surface area contributed by atoms with Gasteiger partial charge in [0.25, 0.3) is 11.8 Å². The molecule has 156 valence electrons. The summed E-state index contributed by atoms with van der Waals surface area (Å²) >= 11 is 0. The second kappa shape index (κ2) is 7.86. The lowest BCUT2D eigenvalue weighted by molar-refractivity contribution is -0.114. The molecule has 3 amide bonds. The molecule has 1 N–H and O–H groups in total. The van der Waals surface area contributed by atoms with E-state index >= 15 is 0 Å². The first-order valence-corrected chi connectivity index (χ1v) is 9.33. The number of nitrogens with one attached hydrogen (secondary N) is 1. The minimum Gasteiger partial charge on any atom is -0.455 e. The number of rotatable bonds is 5. The number of aryl methyl sites for hydroxylation is 1. The van der Waals surface area contributed by atoms with Crippen molar-refractivity contribution in [2.45, 2.75) is 20.5 Å². The highest BCUT2D eigenvalue weighted by molar-refractivity contribution is 6.34. The lowest BCUT2D eigenvalue weighted by atomic mass is 10.1. The maximum atomic E-state index is 12.9. The molecule has 31 heavy (non-hydrogen) atoms. The van der Waals surface area contributed by atoms with Gasteiger partial charge in [-0.2, -0.15) is 0 Å². The summed E-state index contributed by atoms with van der Waals surface area (Å²) < 4.78 is 10.1. The van der Waals surface area contributed by atoms with E-state index in [0.29, 0.717) is 22.8 Å². The number of carbonyl (C=O) groups excluding carboxylic acids is 4. The van der Waals surface area contributed by atoms with E-state index in [0.717, 1.165) is 4.90 Å². The van der Waals surface area contributed by atoms with Crippen molar-refractivity contribution < 1.29 is 28.4 Å². The molecule has 0 atom stereocenters. The zero-order valence-electron chi connectivity index (χ0n) is 16.7. The molecule has 0 saturated heterocycles. The van der Waals surface area contributed by atoms with E-state index < -0.39 is 17.8 Å². The number of benzene rings is 2. The van der Waals surface area contributed by atoms with Gasteiger partial charge in [-0.15, -0.1) is 0 Å². The third-order valence-corrected chi connectivity index (χ3v) is 4.60. The van der Waals surface area contributed by atoms with Gasteiger partial charge in [0.2, 0.25) is 5.91 Å². The molecule has 0 spiro atoms. The summed E-state index contributed by atoms with van der Waals surface area (Å²) in [5, 5.41) is 6.36. The van der Waals surface area contributed by atoms with Crippen LogP contribution < -0.4 is 10.2 Å². The highest BCUT2D eigenvalue weighted by Crippen LogP contribution is 2.30. The van der Waals surface area contributed by atoms with Crippen LogP contribution in [0.25, 0.3) is 0 Å². The topological polar surface area (TPSA) is 119 Å². The number of hydrogen-bond donors (Lipinski definition) is 1. The van der Waals surface area contributed by atoms with Crippen LogP contribution >= 0.6 is 0 Å². The van der Waals surface area contributed by atoms with Gasteiger partial charge in [-0.05, 0) is 49.4 Å². The van der Waals surface area contributed by atoms with Gasteiger partial charge in [0.05, 0.1) is 22.4 Å². The predicted molar refractivity (Wildman–Crippen MR) is 109 cm³/mol. The highest BCUT2D eigenvalue weighted by atomic mass is 16.5. The van der Waals surface area contributed by atoms with Gasteiger partial charge in [-0.25, -0.2) is 9.69 Å². The summed E-state index contributed by atoms with van der Waals surface area (Å²) in [6, 6.07) is 12.2. The monoisotopic (exact) mass is 419 g/mol. The molecule has 1 aliphatic heterocycles. The van der Waals surface area contributed by atoms with Crippen molar-refractivity contribution in [2.24, 2.45) is 0 Å². The Balaban J connectivity index is 1.52. The Morgan fingerprint density at radius 2 is 1.74 bits per heavy atom. The minimum absolute atomic E-state index is 0.0765. The molecule has 3 aromatic rings. The standard InChI is InChI=1S/C22H17N3O6/c1-12-9-16(24-31-12)11-30-22(29)14-3-8-18-19(10-14)21(28)25(20(18)27)17-6-4-15(5-7-17)23-13(2)26/h3-10H,11H2,1-2H3,(H,23,26). The van der Waals surface area contributed by atoms with Crippen molar-refractivity contribution in [1.82, 2.24) is 5.16 Å². The first-order chi connectivity index (χ1) is 14.8. The fourth-order valence-corrected chi connectivity index (χ4v) is 3.21. The Morgan fingerprint density at radius 1 is 1.03 bits per heavy atom. The maximum Gasteiger partial charge on any atom is 0.338 e. The summed E-state index contributed by atoms with van der Waals surface area (Å²) in [4.78, 5) is 50.2. The zero-order chi connectivity index (χ0) is 22.1. The fourth-order valence-electron chi connectivity index (χ4n) is 3.21. The number of imide groups is 1. The van der Waals surface area contributed by atoms with Gasteiger partial charge >= 0.3 is 5.97 Å². The van der Waals surface area contributed by atoms with Crippen LogP contribution in [0.15, 0.2) is 53.1 Å². The molecule has 2 heterocycles. The molecule has 4 rings (SSSR count). The molecular formula is C22H17N3O6. The third kappa shape index (κ3) is 3.93. The normalized spacial score (nSPS) is 12.6. The van der Waals surface area contributed by atoms with Crippen molar-refractivity contribution in [3.63, 3.8) is 0 Å². The Morgan fingerprint density at radius 3 is 2.39 bits per heavy atom. The van der Waals surface area contributed by atoms with Gasteiger partial charge in [0.15, 0.2) is 0 Å². The summed E-state index contributed by atoms with van der Waals surface area (Å²) in [5.74, 6) is -1.33. The van der Waals surface area contributed by atoms with Crippen molar-refractivity contribution in [3.8, 4) is 0 Å². The average Bonchev–Trinajstić information content (AvgIpc) is 3.27. The third-order valence-electron chi connectivity index (χ3n) is 4.60. The summed E-state index contributed by atoms with van der Waals surface area (Å²) in [5.41, 5.74) is 1.81. The van der Waals surface area contributed by atoms with E-state index in [-0.39, 0.29) is 29.2 Å². The first-order valence-electron chi connectivity index (χ1n) is 9.33. The first kappa shape index (κ1) is 20.0. The molecule has 0 bridgehead atoms. The number of anilines is 2. The number of nitrogens with zero attached hydrogens (tertiary/aromatic N) is 2. The summed E-state index contributed by atoms with van der Waals surface area (Å²) in [7, 11) is 0. The predicted octanol–water partition coefficient (Wildman–Crippen LogP) is 3.10. The molecule has 0 aliphatic carbocycles. The second-order valence-electron chi connectivity index (χ2n) is 6.94. The Kier molecular flexibility index (Phi) is 5.08. The van der Waals surface area contributed by atoms with Crippen LogP contribution in [-0.4, -0.2) is 28.8 Å². The molecular weight excluding hydrogens is 402 g/mol. The Labute approximate surface area is 176 Å². The number of esters is 1. The zero-order valence-corrected chi connectivity index (χ0v) is 16.7. The Bertz CT molecular complexity index is 1210. The van der Waals surface area contributed by atoms with E-state index in [4.69, 9.17) is 9.26 Å². The van der Waals surface area contributed by atoms with Gasteiger partial charge in [0.1, 0.15) is 18.1 Å². The van der Waals surface area contributed by atoms with Crippen LogP contribution in [0.5, 0.6) is 0 Å². The van der Waals surface area contributed by atoms with E-state index in [9.17, 15) is 19.2 Å². The van der Waals surface area contributed by atoms with Crippen molar-refractivity contribution in [3.05, 3.63) is 76.7 Å². The van der Waals surface area contributed by atoms with Crippen LogP contribution in [0.3, 0.4) is 0 Å². The quantitative estimate of drug-likeness (QED) is 0.498. The van der Waals surface area contributed by atoms with E-state index in [1.165, 1.54) is 25.1 Å². The van der Waals surface area contributed by atoms with Crippen LogP contribution in [-0.2, 0) is 16.1 Å². The van der Waals surface area contributed by atoms with Crippen molar-refractivity contribution in [2.75, 3.05) is 10.2 Å². The van der Waals surface area contributed by atoms with Crippen molar-refractivity contribution >= 4 is 35.1 Å². The molecule has 0 unspecified atom stereocenters. The van der Waals surface area contributed by atoms with Crippen LogP contribution in [0.2, 0.25) is 0 Å². The number of hydrogen-bond acceptors (Lipinski definition) is 7. The minimum atomic E-state index is -0.651. The number of amides is 3. The largest absolute Gasteiger partial charge is 0.455 e. The fraction of sp³-hybridized carbons (Fsp3) is 0.136. The molecule has 0 fully saturated rings. The van der Waals surface area contributed by atoms with Gasteiger partial charge in [-0.3, -0.25) is 14.4 Å². The van der Waals surface area contributed by atoms with E-state index in [1.54, 1.807) is 37.3 Å². The summed E-state index contributed by atoms with van der Waals surface area (Å²) in [6.07, 6.45) is 0. The molecule has 0 saturated carbocycles. The molecule has 1 aliphatic rings. The number of carbonyl (C=O) groups is 4. The molecule has 2 aromatic carbocycles. The summed E-state index contributed by atoms with van der Waals surface area (Å²) in [6.45, 7) is 3.03. The second-order valence-corrected chi connectivity index (χ2v) is 6.94. The molecule has 9 heteroatoms. The van der Waals surface area contributed by atoms with E-state index in [1.807, 2.05) is 0 Å². The van der Waals surface area contributed by atoms with Gasteiger partial charge in [0, 0.05) is 18.7 Å². The molecule has 1 aromatic heterocycles. The van der Waals surface area contributed by atoms with Crippen molar-refractivity contribution in [1.29, 1.82) is 0 Å². The number of aromatic nitrogens is 1. The van der Waals surface area contributed by atoms with Crippen LogP contribution in [0.4, 0.5) is 11.4 Å². The van der Waals surface area contributed by atoms with Gasteiger partial charge in [-0.1, -0.05) is 5.16 Å². The lowest BCUT2D eigenvalue weighted by Gasteiger charge is -2.14. The van der Waals surface area contributed by atoms with Crippen LogP contribution in [0, 0.1) is 6.92 Å². The van der Waals surface area contributed by atoms with Gasteiger partial charge < -0.3 is 14.6 Å². The lowest BCUT2D eigenvalue weighted by Crippen LogP contribution is -2.29. The average molecular weight is 419 g/mol. The van der Waals surface area contributed by atoms with Crippen LogP contribution in [0.1, 0.15) is 49.5 Å². The van der Waals surface area contributed by atoms with E-state index in [2.05, 4.69) is 10.5 Å². The molecule has 9 nitrogen and oxygen atoms in total.